The van der Waals surface area contributed by atoms with Gasteiger partial charge in [0.15, 0.2) is 0 Å². The molecule has 1 heterocycles. The number of ether oxygens (including phenoxy) is 2. The Bertz CT molecular complexity index is 1140. The highest BCUT2D eigenvalue weighted by Gasteiger charge is 2.30. The molecule has 4 nitrogen and oxygen atoms in total. The van der Waals surface area contributed by atoms with E-state index in [2.05, 4.69) is 4.98 Å². The average Bonchev–Trinajstić information content (AvgIpc) is 2.77. The van der Waals surface area contributed by atoms with Crippen LogP contribution in [-0.4, -0.2) is 16.2 Å². The molecule has 2 unspecified atom stereocenters. The summed E-state index contributed by atoms with van der Waals surface area (Å²) in [5.41, 5.74) is 2.87. The maximum Gasteiger partial charge on any atom is 0.219 e. The van der Waals surface area contributed by atoms with Crippen LogP contribution in [0.1, 0.15) is 23.7 Å². The summed E-state index contributed by atoms with van der Waals surface area (Å²) in [5.74, 6) is 1.96. The normalized spacial score (nSPS) is 18.2. The fourth-order valence-electron chi connectivity index (χ4n) is 3.82. The fraction of sp³-hybridized carbons (Fsp3) is 0.160. The minimum atomic E-state index is -0.702. The molecule has 1 aromatic heterocycles. The Labute approximate surface area is 169 Å². The SMILES string of the molecule is OC1c2cc(Oc3ccc4ccccc4n3)ccc2CCC1Oc1ccccc1. The van der Waals surface area contributed by atoms with Gasteiger partial charge in [0.1, 0.15) is 23.7 Å². The number of hydrogen-bond acceptors (Lipinski definition) is 4. The van der Waals surface area contributed by atoms with Gasteiger partial charge in [0.25, 0.3) is 0 Å². The first-order valence-corrected chi connectivity index (χ1v) is 9.82. The molecule has 4 heteroatoms. The van der Waals surface area contributed by atoms with E-state index in [1.165, 1.54) is 0 Å². The fourth-order valence-corrected chi connectivity index (χ4v) is 3.82. The Hall–Kier alpha value is -3.37. The summed E-state index contributed by atoms with van der Waals surface area (Å²) in [6.45, 7) is 0. The van der Waals surface area contributed by atoms with Crippen LogP contribution in [0.4, 0.5) is 0 Å². The van der Waals surface area contributed by atoms with Gasteiger partial charge < -0.3 is 14.6 Å². The Morgan fingerprint density at radius 1 is 0.828 bits per heavy atom. The zero-order chi connectivity index (χ0) is 19.6. The van der Waals surface area contributed by atoms with E-state index in [0.29, 0.717) is 11.6 Å². The number of hydrogen-bond donors (Lipinski definition) is 1. The smallest absolute Gasteiger partial charge is 0.219 e. The predicted octanol–water partition coefficient (Wildman–Crippen LogP) is 5.45. The highest BCUT2D eigenvalue weighted by atomic mass is 16.5. The van der Waals surface area contributed by atoms with E-state index >= 15 is 0 Å². The van der Waals surface area contributed by atoms with Gasteiger partial charge in [0, 0.05) is 11.5 Å². The van der Waals surface area contributed by atoms with Crippen LogP contribution >= 0.6 is 0 Å². The zero-order valence-electron chi connectivity index (χ0n) is 15.9. The first-order valence-electron chi connectivity index (χ1n) is 9.82. The predicted molar refractivity (Wildman–Crippen MR) is 112 cm³/mol. The van der Waals surface area contributed by atoms with Gasteiger partial charge in [-0.05, 0) is 60.4 Å². The van der Waals surface area contributed by atoms with Crippen molar-refractivity contribution in [1.29, 1.82) is 0 Å². The third-order valence-corrected chi connectivity index (χ3v) is 5.31. The van der Waals surface area contributed by atoms with E-state index in [9.17, 15) is 5.11 Å². The van der Waals surface area contributed by atoms with Gasteiger partial charge in [-0.15, -0.1) is 0 Å². The number of aliphatic hydroxyl groups excluding tert-OH is 1. The lowest BCUT2D eigenvalue weighted by molar-refractivity contribution is 0.0229. The lowest BCUT2D eigenvalue weighted by Crippen LogP contribution is -2.30. The number of fused-ring (bicyclic) bond motifs is 2. The quantitative estimate of drug-likeness (QED) is 0.509. The number of aliphatic hydroxyl groups is 1. The second-order valence-electron chi connectivity index (χ2n) is 7.26. The van der Waals surface area contributed by atoms with Gasteiger partial charge in [0.2, 0.25) is 5.88 Å². The van der Waals surface area contributed by atoms with Crippen LogP contribution in [0.5, 0.6) is 17.4 Å². The number of aromatic nitrogens is 1. The van der Waals surface area contributed by atoms with Crippen molar-refractivity contribution in [3.05, 3.63) is 96.1 Å². The van der Waals surface area contributed by atoms with Crippen LogP contribution in [0, 0.1) is 0 Å². The highest BCUT2D eigenvalue weighted by molar-refractivity contribution is 5.78. The van der Waals surface area contributed by atoms with E-state index < -0.39 is 6.10 Å². The molecular formula is C25H21NO3. The van der Waals surface area contributed by atoms with Gasteiger partial charge in [-0.25, -0.2) is 4.98 Å². The van der Waals surface area contributed by atoms with Crippen LogP contribution in [0.2, 0.25) is 0 Å². The first-order chi connectivity index (χ1) is 14.3. The average molecular weight is 383 g/mol. The summed E-state index contributed by atoms with van der Waals surface area (Å²) in [5, 5.41) is 12.0. The molecule has 1 N–H and O–H groups in total. The van der Waals surface area contributed by atoms with Crippen molar-refractivity contribution in [2.45, 2.75) is 25.0 Å². The maximum absolute atomic E-state index is 10.9. The van der Waals surface area contributed by atoms with Crippen molar-refractivity contribution in [2.24, 2.45) is 0 Å². The third-order valence-electron chi connectivity index (χ3n) is 5.31. The van der Waals surface area contributed by atoms with E-state index in [4.69, 9.17) is 9.47 Å². The molecule has 29 heavy (non-hydrogen) atoms. The Balaban J connectivity index is 1.38. The van der Waals surface area contributed by atoms with Crippen molar-refractivity contribution in [3.63, 3.8) is 0 Å². The lowest BCUT2D eigenvalue weighted by atomic mass is 9.87. The van der Waals surface area contributed by atoms with Crippen molar-refractivity contribution < 1.29 is 14.6 Å². The Morgan fingerprint density at radius 3 is 2.55 bits per heavy atom. The largest absolute Gasteiger partial charge is 0.487 e. The minimum absolute atomic E-state index is 0.279. The molecule has 1 aliphatic carbocycles. The molecule has 144 valence electrons. The van der Waals surface area contributed by atoms with Gasteiger partial charge in [-0.2, -0.15) is 0 Å². The highest BCUT2D eigenvalue weighted by Crippen LogP contribution is 2.35. The lowest BCUT2D eigenvalue weighted by Gasteiger charge is -2.30. The standard InChI is InChI=1S/C25H21NO3/c27-25-21-16-20(29-24-15-12-18-6-4-5-9-22(18)26-24)13-10-17(21)11-14-23(25)28-19-7-2-1-3-8-19/h1-10,12-13,15-16,23,25,27H,11,14H2. The van der Waals surface area contributed by atoms with Crippen molar-refractivity contribution in [3.8, 4) is 17.4 Å². The monoisotopic (exact) mass is 383 g/mol. The zero-order valence-corrected chi connectivity index (χ0v) is 15.9. The number of benzene rings is 3. The molecular weight excluding hydrogens is 362 g/mol. The second kappa shape index (κ2) is 7.57. The van der Waals surface area contributed by atoms with E-state index in [-0.39, 0.29) is 6.10 Å². The van der Waals surface area contributed by atoms with Gasteiger partial charge in [-0.3, -0.25) is 0 Å². The summed E-state index contributed by atoms with van der Waals surface area (Å²) in [6.07, 6.45) is 0.652. The second-order valence-corrected chi connectivity index (χ2v) is 7.26. The summed E-state index contributed by atoms with van der Waals surface area (Å²) in [6, 6.07) is 27.3. The van der Waals surface area contributed by atoms with Crippen LogP contribution < -0.4 is 9.47 Å². The number of pyridine rings is 1. The molecule has 3 aromatic carbocycles. The molecule has 1 aliphatic rings. The molecule has 0 amide bonds. The summed E-state index contributed by atoms with van der Waals surface area (Å²) in [7, 11) is 0. The Morgan fingerprint density at radius 2 is 1.66 bits per heavy atom. The van der Waals surface area contributed by atoms with Crippen LogP contribution in [-0.2, 0) is 6.42 Å². The van der Waals surface area contributed by atoms with Crippen molar-refractivity contribution >= 4 is 10.9 Å². The van der Waals surface area contributed by atoms with Crippen molar-refractivity contribution in [2.75, 3.05) is 0 Å². The maximum atomic E-state index is 10.9. The van der Waals surface area contributed by atoms with Crippen molar-refractivity contribution in [1.82, 2.24) is 4.98 Å². The van der Waals surface area contributed by atoms with Gasteiger partial charge >= 0.3 is 0 Å². The summed E-state index contributed by atoms with van der Waals surface area (Å²) in [4.78, 5) is 4.56. The molecule has 0 aliphatic heterocycles. The molecule has 0 spiro atoms. The molecule has 0 bridgehead atoms. The number of aryl methyl sites for hydroxylation is 1. The topological polar surface area (TPSA) is 51.6 Å². The van der Waals surface area contributed by atoms with Crippen LogP contribution in [0.3, 0.4) is 0 Å². The van der Waals surface area contributed by atoms with E-state index in [0.717, 1.165) is 40.6 Å². The first kappa shape index (κ1) is 17.7. The molecule has 0 fully saturated rings. The van der Waals surface area contributed by atoms with Crippen LogP contribution in [0.15, 0.2) is 84.9 Å². The van der Waals surface area contributed by atoms with E-state index in [1.807, 2.05) is 84.9 Å². The molecule has 4 aromatic rings. The summed E-state index contributed by atoms with van der Waals surface area (Å²) < 4.78 is 12.0. The molecule has 5 rings (SSSR count). The number of rotatable bonds is 4. The molecule has 0 radical (unpaired) electrons. The number of nitrogens with zero attached hydrogens (tertiary/aromatic N) is 1. The molecule has 2 atom stereocenters. The Kier molecular flexibility index (Phi) is 4.62. The third kappa shape index (κ3) is 3.67. The van der Waals surface area contributed by atoms with Crippen LogP contribution in [0.25, 0.3) is 10.9 Å². The van der Waals surface area contributed by atoms with Gasteiger partial charge in [-0.1, -0.05) is 42.5 Å². The van der Waals surface area contributed by atoms with E-state index in [1.54, 1.807) is 0 Å². The summed E-state index contributed by atoms with van der Waals surface area (Å²) >= 11 is 0. The minimum Gasteiger partial charge on any atom is -0.487 e. The molecule has 0 saturated heterocycles. The van der Waals surface area contributed by atoms with Gasteiger partial charge in [0.05, 0.1) is 5.52 Å². The molecule has 0 saturated carbocycles. The number of para-hydroxylation sites is 2.